The van der Waals surface area contributed by atoms with Crippen molar-refractivity contribution in [3.05, 3.63) is 0 Å². The van der Waals surface area contributed by atoms with E-state index in [4.69, 9.17) is 4.43 Å². The summed E-state index contributed by atoms with van der Waals surface area (Å²) < 4.78 is 7.01. The molecule has 1 nitrogen and oxygen atoms in total. The molecule has 1 atom stereocenters. The van der Waals surface area contributed by atoms with Crippen molar-refractivity contribution in [2.45, 2.75) is 39.1 Å². The maximum absolute atomic E-state index is 5.81. The van der Waals surface area contributed by atoms with E-state index in [1.165, 1.54) is 10.8 Å². The van der Waals surface area contributed by atoms with E-state index in [1.54, 1.807) is 0 Å². The van der Waals surface area contributed by atoms with Gasteiger partial charge in [-0.2, -0.15) is 0 Å². The Labute approximate surface area is 78.8 Å². The molecule has 0 aromatic rings. The first kappa shape index (κ1) is 10.9. The van der Waals surface area contributed by atoms with E-state index in [0.29, 0.717) is 6.10 Å². The van der Waals surface area contributed by atoms with Gasteiger partial charge in [-0.1, -0.05) is 22.6 Å². The molecule has 0 amide bonds. The van der Waals surface area contributed by atoms with Crippen LogP contribution in [0.1, 0.15) is 13.3 Å². The number of hydrogen-bond acceptors (Lipinski definition) is 1. The quantitative estimate of drug-likeness (QED) is 0.434. The van der Waals surface area contributed by atoms with Crippen LogP contribution < -0.4 is 0 Å². The van der Waals surface area contributed by atoms with Crippen molar-refractivity contribution in [3.63, 3.8) is 0 Å². The van der Waals surface area contributed by atoms with Gasteiger partial charge in [0, 0.05) is 10.5 Å². The van der Waals surface area contributed by atoms with E-state index in [1.807, 2.05) is 0 Å². The van der Waals surface area contributed by atoms with Crippen LogP contribution in [-0.2, 0) is 4.43 Å². The van der Waals surface area contributed by atoms with Gasteiger partial charge in [-0.25, -0.2) is 0 Å². The van der Waals surface area contributed by atoms with Crippen molar-refractivity contribution in [2.24, 2.45) is 0 Å². The molecule has 10 heavy (non-hydrogen) atoms. The standard InChI is InChI=1S/C7H17IOSi/c1-7(5-6-8)9-10(2,3)4/h7H,5-6H2,1-4H3/t7-/m1/s1. The molecule has 62 valence electrons. The molecule has 0 aliphatic rings. The number of rotatable bonds is 4. The molecule has 0 fully saturated rings. The van der Waals surface area contributed by atoms with E-state index < -0.39 is 8.32 Å². The van der Waals surface area contributed by atoms with Crippen LogP contribution in [0.15, 0.2) is 0 Å². The highest BCUT2D eigenvalue weighted by molar-refractivity contribution is 14.1. The predicted octanol–water partition coefficient (Wildman–Crippen LogP) is 3.05. The van der Waals surface area contributed by atoms with E-state index in [0.717, 1.165) is 0 Å². The van der Waals surface area contributed by atoms with Crippen LogP contribution in [0.2, 0.25) is 19.6 Å². The molecule has 0 radical (unpaired) electrons. The summed E-state index contributed by atoms with van der Waals surface area (Å²) in [4.78, 5) is 0. The van der Waals surface area contributed by atoms with Crippen molar-refractivity contribution >= 4 is 30.9 Å². The predicted molar refractivity (Wildman–Crippen MR) is 57.4 cm³/mol. The highest BCUT2D eigenvalue weighted by Gasteiger charge is 2.17. The Bertz CT molecular complexity index is 90.1. The second-order valence-corrected chi connectivity index (χ2v) is 9.06. The van der Waals surface area contributed by atoms with Gasteiger partial charge in [0.05, 0.1) is 0 Å². The second kappa shape index (κ2) is 4.72. The lowest BCUT2D eigenvalue weighted by atomic mass is 10.3. The molecular weight excluding hydrogens is 255 g/mol. The van der Waals surface area contributed by atoms with Crippen LogP contribution in [0.4, 0.5) is 0 Å². The molecule has 3 heteroatoms. The largest absolute Gasteiger partial charge is 0.415 e. The lowest BCUT2D eigenvalue weighted by Crippen LogP contribution is -2.30. The minimum Gasteiger partial charge on any atom is -0.415 e. The summed E-state index contributed by atoms with van der Waals surface area (Å²) in [5.41, 5.74) is 0. The SMILES string of the molecule is C[C@H](CCI)O[Si](C)(C)C. The Balaban J connectivity index is 3.47. The molecule has 0 saturated heterocycles. The third-order valence-electron chi connectivity index (χ3n) is 1.07. The van der Waals surface area contributed by atoms with E-state index in [-0.39, 0.29) is 0 Å². The molecule has 0 spiro atoms. The van der Waals surface area contributed by atoms with Crippen LogP contribution in [-0.4, -0.2) is 18.8 Å². The lowest BCUT2D eigenvalue weighted by Gasteiger charge is -2.22. The van der Waals surface area contributed by atoms with Gasteiger partial charge < -0.3 is 4.43 Å². The Hall–Kier alpha value is 0.907. The Morgan fingerprint density at radius 2 is 1.90 bits per heavy atom. The highest BCUT2D eigenvalue weighted by Crippen LogP contribution is 2.10. The molecule has 0 rings (SSSR count). The first-order valence-corrected chi connectivity index (χ1v) is 8.63. The van der Waals surface area contributed by atoms with Crippen molar-refractivity contribution in [1.82, 2.24) is 0 Å². The Morgan fingerprint density at radius 1 is 1.40 bits per heavy atom. The minimum atomic E-state index is -1.26. The van der Waals surface area contributed by atoms with Gasteiger partial charge in [-0.15, -0.1) is 0 Å². The number of halogens is 1. The summed E-state index contributed by atoms with van der Waals surface area (Å²) in [6.07, 6.45) is 1.65. The van der Waals surface area contributed by atoms with Crippen molar-refractivity contribution in [3.8, 4) is 0 Å². The molecule has 0 aliphatic carbocycles. The average molecular weight is 272 g/mol. The number of hydrogen-bond donors (Lipinski definition) is 0. The van der Waals surface area contributed by atoms with E-state index >= 15 is 0 Å². The summed E-state index contributed by atoms with van der Waals surface area (Å²) in [5.74, 6) is 0. The van der Waals surface area contributed by atoms with Crippen LogP contribution in [0.25, 0.3) is 0 Å². The van der Waals surface area contributed by atoms with Crippen LogP contribution in [0, 0.1) is 0 Å². The molecule has 0 aromatic carbocycles. The molecule has 0 aliphatic heterocycles. The van der Waals surface area contributed by atoms with Crippen LogP contribution in [0.5, 0.6) is 0 Å². The highest BCUT2D eigenvalue weighted by atomic mass is 127. The van der Waals surface area contributed by atoms with Crippen LogP contribution >= 0.6 is 22.6 Å². The zero-order valence-electron chi connectivity index (χ0n) is 7.28. The minimum absolute atomic E-state index is 0.462. The normalized spacial score (nSPS) is 15.3. The second-order valence-electron chi connectivity index (χ2n) is 3.52. The summed E-state index contributed by atoms with van der Waals surface area (Å²) in [5, 5.41) is 0. The van der Waals surface area contributed by atoms with Gasteiger partial charge in [0.25, 0.3) is 0 Å². The molecular formula is C7H17IOSi. The third kappa shape index (κ3) is 7.02. The van der Waals surface area contributed by atoms with E-state index in [9.17, 15) is 0 Å². The van der Waals surface area contributed by atoms with Crippen molar-refractivity contribution in [2.75, 3.05) is 4.43 Å². The first-order valence-electron chi connectivity index (χ1n) is 3.69. The maximum Gasteiger partial charge on any atom is 0.184 e. The van der Waals surface area contributed by atoms with Gasteiger partial charge in [0.15, 0.2) is 8.32 Å². The smallest absolute Gasteiger partial charge is 0.184 e. The molecule has 0 saturated carbocycles. The monoisotopic (exact) mass is 272 g/mol. The molecule has 0 aromatic heterocycles. The summed E-state index contributed by atoms with van der Waals surface area (Å²) in [6.45, 7) is 8.86. The van der Waals surface area contributed by atoms with Crippen LogP contribution in [0.3, 0.4) is 0 Å². The van der Waals surface area contributed by atoms with Gasteiger partial charge in [0.1, 0.15) is 0 Å². The maximum atomic E-state index is 5.81. The van der Waals surface area contributed by atoms with Gasteiger partial charge in [-0.05, 0) is 33.0 Å². The lowest BCUT2D eigenvalue weighted by molar-refractivity contribution is 0.212. The first-order chi connectivity index (χ1) is 4.45. The van der Waals surface area contributed by atoms with Gasteiger partial charge in [0.2, 0.25) is 0 Å². The van der Waals surface area contributed by atoms with Crippen molar-refractivity contribution in [1.29, 1.82) is 0 Å². The third-order valence-corrected chi connectivity index (χ3v) is 2.80. The fourth-order valence-electron chi connectivity index (χ4n) is 0.816. The molecule has 0 heterocycles. The van der Waals surface area contributed by atoms with Gasteiger partial charge >= 0.3 is 0 Å². The number of alkyl halides is 1. The molecule has 0 unspecified atom stereocenters. The fraction of sp³-hybridized carbons (Fsp3) is 1.00. The topological polar surface area (TPSA) is 9.23 Å². The molecule has 0 N–H and O–H groups in total. The molecule has 0 bridgehead atoms. The average Bonchev–Trinajstić information content (AvgIpc) is 1.59. The Morgan fingerprint density at radius 3 is 2.20 bits per heavy atom. The summed E-state index contributed by atoms with van der Waals surface area (Å²) in [7, 11) is -1.26. The zero-order valence-corrected chi connectivity index (χ0v) is 10.4. The van der Waals surface area contributed by atoms with E-state index in [2.05, 4.69) is 49.2 Å². The Kier molecular flexibility index (Phi) is 5.15. The van der Waals surface area contributed by atoms with Crippen molar-refractivity contribution < 1.29 is 4.43 Å². The van der Waals surface area contributed by atoms with Gasteiger partial charge in [-0.3, -0.25) is 0 Å². The summed E-state index contributed by atoms with van der Waals surface area (Å²) >= 11 is 2.39. The summed E-state index contributed by atoms with van der Waals surface area (Å²) in [6, 6.07) is 0. The fourth-order valence-corrected chi connectivity index (χ4v) is 3.02. The zero-order chi connectivity index (χ0) is 8.20.